The summed E-state index contributed by atoms with van der Waals surface area (Å²) in [5.74, 6) is -9.46. The van der Waals surface area contributed by atoms with Gasteiger partial charge in [-0.15, -0.1) is 0 Å². The van der Waals surface area contributed by atoms with Crippen molar-refractivity contribution in [2.24, 2.45) is 0 Å². The molecule has 20 N–H and O–H groups in total. The third kappa shape index (κ3) is 21.4. The smallest absolute Gasteiger partial charge is 0.338 e. The van der Waals surface area contributed by atoms with Gasteiger partial charge in [0.1, 0.15) is 58.2 Å². The fourth-order valence-corrected chi connectivity index (χ4v) is 15.9. The molecule has 0 radical (unpaired) electrons. The minimum absolute atomic E-state index is 0.0212. The van der Waals surface area contributed by atoms with E-state index in [0.29, 0.717) is 39.6 Å². The molecule has 143 heavy (non-hydrogen) atoms. The van der Waals surface area contributed by atoms with Crippen LogP contribution < -0.4 is 18.9 Å². The van der Waals surface area contributed by atoms with Gasteiger partial charge in [-0.1, -0.05) is 140 Å². The van der Waals surface area contributed by atoms with Crippen LogP contribution in [0.5, 0.6) is 121 Å². The molecule has 5 heterocycles. The van der Waals surface area contributed by atoms with Crippen molar-refractivity contribution in [3.63, 3.8) is 0 Å². The molecule has 722 valence electrons. The number of aromatic nitrogens is 6. The monoisotopic (exact) mass is 1930 g/mol. The number of phenols is 17. The van der Waals surface area contributed by atoms with Gasteiger partial charge < -0.3 is 131 Å². The molecule has 4 atom stereocenters. The highest BCUT2D eigenvalue weighted by atomic mass is 16.6. The first-order valence-electron chi connectivity index (χ1n) is 43.8. The third-order valence-corrected chi connectivity index (χ3v) is 23.1. The van der Waals surface area contributed by atoms with E-state index in [9.17, 15) is 112 Å². The summed E-state index contributed by atoms with van der Waals surface area (Å²) in [5.41, 5.74) is 17.1. The second-order valence-electron chi connectivity index (χ2n) is 32.5. The van der Waals surface area contributed by atoms with Crippen molar-refractivity contribution >= 4 is 45.0 Å². The number of aromatic hydroxyl groups is 17. The number of carbonyl (C=O) groups is 2. The van der Waals surface area contributed by atoms with Crippen LogP contribution in [0.2, 0.25) is 0 Å². The highest BCUT2D eigenvalue weighted by Gasteiger charge is 2.40. The number of ether oxygens (including phenoxy) is 6. The van der Waals surface area contributed by atoms with Gasteiger partial charge in [0, 0.05) is 104 Å². The van der Waals surface area contributed by atoms with Crippen LogP contribution >= 0.6 is 0 Å². The number of aliphatic hydroxyl groups is 3. The normalized spacial score (nSPS) is 13.7. The zero-order valence-corrected chi connectivity index (χ0v) is 75.5. The Labute approximate surface area is 811 Å². The van der Waals surface area contributed by atoms with Crippen molar-refractivity contribution in [1.29, 1.82) is 0 Å². The molecule has 0 spiro atoms. The molecule has 2 aliphatic heterocycles. The van der Waals surface area contributed by atoms with Crippen molar-refractivity contribution in [1.82, 2.24) is 29.9 Å². The molecule has 3 aromatic heterocycles. The van der Waals surface area contributed by atoms with Crippen molar-refractivity contribution < 1.29 is 140 Å². The summed E-state index contributed by atoms with van der Waals surface area (Å²) in [5, 5.41) is 195. The van der Waals surface area contributed by atoms with Crippen LogP contribution in [0.1, 0.15) is 71.9 Å². The first-order valence-corrected chi connectivity index (χ1v) is 43.8. The number of para-hydroxylation sites is 6. The molecule has 0 saturated carbocycles. The van der Waals surface area contributed by atoms with Gasteiger partial charge in [0.05, 0.1) is 112 Å². The Morgan fingerprint density at radius 2 is 0.615 bits per heavy atom. The number of phenolic OH excluding ortho intramolecular Hbond substituents is 16. The molecule has 2 aliphatic rings. The van der Waals surface area contributed by atoms with E-state index in [1.807, 2.05) is 176 Å². The fraction of sp³-hybridized carbons (Fsp3) is 0.101. The molecule has 0 aliphatic carbocycles. The number of rotatable bonds is 17. The van der Waals surface area contributed by atoms with Crippen LogP contribution in [-0.2, 0) is 42.1 Å². The molecule has 20 rings (SSSR count). The molecule has 0 bridgehead atoms. The van der Waals surface area contributed by atoms with Crippen molar-refractivity contribution in [3.8, 4) is 188 Å². The quantitative estimate of drug-likeness (QED) is 0.0297. The lowest BCUT2D eigenvalue weighted by Crippen LogP contribution is -2.34. The summed E-state index contributed by atoms with van der Waals surface area (Å²) in [6, 6.07) is 81.1. The van der Waals surface area contributed by atoms with Crippen LogP contribution in [0.4, 0.5) is 0 Å². The van der Waals surface area contributed by atoms with Gasteiger partial charge in [-0.05, 0) is 133 Å². The molecule has 0 saturated heterocycles. The van der Waals surface area contributed by atoms with Gasteiger partial charge >= 0.3 is 11.9 Å². The molecule has 0 fully saturated rings. The molecule has 0 amide bonds. The average Bonchev–Trinajstić information content (AvgIpc) is 0.789. The Morgan fingerprint density at radius 3 is 1.00 bits per heavy atom. The number of fused-ring (bicyclic) bond motifs is 5. The van der Waals surface area contributed by atoms with E-state index in [0.717, 1.165) is 143 Å². The number of methoxy groups -OCH3 is 2. The molecular weight excluding hydrogens is 1840 g/mol. The molecule has 34 heteroatoms. The van der Waals surface area contributed by atoms with Crippen LogP contribution in [-0.4, -0.2) is 170 Å². The summed E-state index contributed by atoms with van der Waals surface area (Å²) >= 11 is 0. The number of esters is 2. The van der Waals surface area contributed by atoms with Gasteiger partial charge in [0.15, 0.2) is 87.0 Å². The van der Waals surface area contributed by atoms with Crippen molar-refractivity contribution in [3.05, 3.63) is 341 Å². The summed E-state index contributed by atoms with van der Waals surface area (Å²) in [7, 11) is 3.09. The predicted octanol–water partition coefficient (Wildman–Crippen LogP) is 17.6. The average molecular weight is 1930 g/mol. The molecular formula is C109H88N6O28. The highest BCUT2D eigenvalue weighted by Crippen LogP contribution is 2.50. The number of carbonyl (C=O) groups excluding carboxylic acids is 2. The molecule has 4 unspecified atom stereocenters. The Balaban J connectivity index is 0.000000129. The molecule has 15 aromatic carbocycles. The van der Waals surface area contributed by atoms with Gasteiger partial charge in [-0.25, -0.2) is 39.5 Å². The summed E-state index contributed by atoms with van der Waals surface area (Å²) in [6.45, 7) is -0.323. The van der Waals surface area contributed by atoms with Gasteiger partial charge in [-0.3, -0.25) is 0 Å². The van der Waals surface area contributed by atoms with Gasteiger partial charge in [-0.2, -0.15) is 0 Å². The van der Waals surface area contributed by atoms with E-state index in [4.69, 9.17) is 58.3 Å². The maximum atomic E-state index is 12.7. The summed E-state index contributed by atoms with van der Waals surface area (Å²) < 4.78 is 33.3. The zero-order chi connectivity index (χ0) is 101. The van der Waals surface area contributed by atoms with Crippen molar-refractivity contribution in [2.45, 2.75) is 57.1 Å². The van der Waals surface area contributed by atoms with E-state index in [2.05, 4.69) is 0 Å². The maximum absolute atomic E-state index is 12.7. The van der Waals surface area contributed by atoms with E-state index in [1.54, 1.807) is 37.4 Å². The minimum atomic E-state index is -1.18. The van der Waals surface area contributed by atoms with Crippen LogP contribution in [0.15, 0.2) is 291 Å². The SMILES string of the molecule is COc1cc(-c2nc3ccccc3nc2-c2ccc(O)c(CO)c2)ccc1O.COc1cc(-c2nc3ccccc3nc2-c2ccccc2)ccc1CO.O=C(OC1Cc2c(O)cc(O)cc2OC1c1cc(O)c(O)c(O)c1)c1cc(O)c(O)c(O)c1.O=C(OC1Cc2c(O)cc(O)cc2OC1c1ccc(O)c(O)c1)c1cc(O)c(O)c(O)c1.OCc1ccc(-c2nc3ccccc3nc2-c2ccccc2)cc1. The standard InChI is InChI=1S/C22H18N2O4.C22H18N2O2.C22H18O11.C22H18O10.C21H16N2O/c1-28-20-11-14(7-9-19(20)27)22-21(13-6-8-18(26)15(10-13)12-25)23-16-4-2-3-5-17(16)24-22;1-26-20-13-16(11-12-17(20)14-25)22-21(15-7-3-2-4-8-15)23-18-9-5-6-10-19(18)24-22;23-10-5-12(24)11-7-18(33-22(31)9-3-15(27)20(30)16(28)4-9)21(32-17(11)6-10)8-1-13(25)19(29)14(26)2-8;23-11-6-14(25)12-8-19(32-22(30)10-4-16(27)20(29)17(28)5-10)21(31-18(12)7-11)9-1-2-13(24)15(26)3-9;24-14-15-10-12-17(13-11-15)21-20(16-6-2-1-3-7-16)22-18-8-4-5-9-19(18)23-21/h2-11,25-27H,12H2,1H3;2-13,25H,14H2,1H3;1-6,18,21,23-30H,7H2;1-7,19,21,23-29H,8H2;1-13,24H,14H2. The zero-order valence-electron chi connectivity index (χ0n) is 75.5. The Bertz CT molecular complexity index is 7680. The predicted molar refractivity (Wildman–Crippen MR) is 522 cm³/mol. The number of aliphatic hydroxyl groups excluding tert-OH is 3. The highest BCUT2D eigenvalue weighted by molar-refractivity contribution is 5.94. The fourth-order valence-electron chi connectivity index (χ4n) is 15.9. The minimum Gasteiger partial charge on any atom is -0.508 e. The third-order valence-electron chi connectivity index (χ3n) is 23.1. The Hall–Kier alpha value is -19.1. The van der Waals surface area contributed by atoms with E-state index in [1.165, 1.54) is 43.5 Å². The first-order chi connectivity index (χ1) is 68.9. The lowest BCUT2D eigenvalue weighted by atomic mass is 9.93. The lowest BCUT2D eigenvalue weighted by Gasteiger charge is -2.34. The summed E-state index contributed by atoms with van der Waals surface area (Å²) in [4.78, 5) is 54.4. The largest absolute Gasteiger partial charge is 0.508 e. The van der Waals surface area contributed by atoms with E-state index in [-0.39, 0.29) is 112 Å². The first kappa shape index (κ1) is 97.0. The van der Waals surface area contributed by atoms with Crippen molar-refractivity contribution in [2.75, 3.05) is 14.2 Å². The van der Waals surface area contributed by atoms with Crippen LogP contribution in [0, 0.1) is 0 Å². The van der Waals surface area contributed by atoms with Gasteiger partial charge in [0.2, 0.25) is 0 Å². The van der Waals surface area contributed by atoms with Gasteiger partial charge in [0.25, 0.3) is 0 Å². The van der Waals surface area contributed by atoms with E-state index >= 15 is 0 Å². The molecule has 34 nitrogen and oxygen atoms in total. The maximum Gasteiger partial charge on any atom is 0.338 e. The topological polar surface area (TPSA) is 571 Å². The second kappa shape index (κ2) is 42.3. The number of benzene rings is 15. The van der Waals surface area contributed by atoms with Crippen LogP contribution in [0.25, 0.3) is 101 Å². The second-order valence-corrected chi connectivity index (χ2v) is 32.5. The number of hydrogen-bond acceptors (Lipinski definition) is 34. The Kier molecular flexibility index (Phi) is 28.7. The van der Waals surface area contributed by atoms with E-state index < -0.39 is 93.8 Å². The Morgan fingerprint density at radius 1 is 0.287 bits per heavy atom. The number of hydrogen-bond donors (Lipinski definition) is 20. The molecule has 18 aromatic rings. The van der Waals surface area contributed by atoms with Crippen LogP contribution in [0.3, 0.4) is 0 Å². The summed E-state index contributed by atoms with van der Waals surface area (Å²) in [6.07, 6.45) is -4.61. The number of nitrogens with zero attached hydrogens (tertiary/aromatic N) is 6. The lowest BCUT2D eigenvalue weighted by molar-refractivity contribution is -0.0192.